The number of hydrogen-bond acceptors (Lipinski definition) is 7. The van der Waals surface area contributed by atoms with E-state index in [9.17, 15) is 19.0 Å². The molecule has 0 atom stereocenters. The average Bonchev–Trinajstić information content (AvgIpc) is 3.33. The first-order valence-corrected chi connectivity index (χ1v) is 10.5. The third-order valence-electron chi connectivity index (χ3n) is 5.52. The summed E-state index contributed by atoms with van der Waals surface area (Å²) in [5.74, 6) is -2.67. The van der Waals surface area contributed by atoms with E-state index in [4.69, 9.17) is 0 Å². The topological polar surface area (TPSA) is 124 Å². The van der Waals surface area contributed by atoms with Crippen molar-refractivity contribution in [2.45, 2.75) is 37.6 Å². The second-order valence-electron chi connectivity index (χ2n) is 7.99. The van der Waals surface area contributed by atoms with Crippen molar-refractivity contribution in [1.29, 1.82) is 0 Å². The van der Waals surface area contributed by atoms with Crippen molar-refractivity contribution in [1.82, 2.24) is 24.6 Å². The highest BCUT2D eigenvalue weighted by Crippen LogP contribution is 2.34. The van der Waals surface area contributed by atoms with Crippen molar-refractivity contribution in [3.63, 3.8) is 0 Å². The van der Waals surface area contributed by atoms with Crippen LogP contribution in [0.3, 0.4) is 0 Å². The molecule has 9 nitrogen and oxygen atoms in total. The number of aromatic amines is 1. The Morgan fingerprint density at radius 2 is 1.91 bits per heavy atom. The summed E-state index contributed by atoms with van der Waals surface area (Å²) in [5.41, 5.74) is 1.69. The zero-order chi connectivity index (χ0) is 23.0. The number of aromatic nitrogens is 5. The van der Waals surface area contributed by atoms with E-state index in [-0.39, 0.29) is 49.1 Å². The van der Waals surface area contributed by atoms with Crippen LogP contribution in [0.5, 0.6) is 11.8 Å². The van der Waals surface area contributed by atoms with Gasteiger partial charge in [0.1, 0.15) is 0 Å². The maximum Gasteiger partial charge on any atom is 0.250 e. The number of fused-ring (bicyclic) bond motifs is 1. The fourth-order valence-corrected chi connectivity index (χ4v) is 3.81. The summed E-state index contributed by atoms with van der Waals surface area (Å²) >= 11 is 0. The summed E-state index contributed by atoms with van der Waals surface area (Å²) in [6.07, 6.45) is 3.27. The maximum absolute atomic E-state index is 13.5. The van der Waals surface area contributed by atoms with Crippen molar-refractivity contribution in [2.24, 2.45) is 4.99 Å². The molecule has 1 aromatic carbocycles. The molecule has 1 saturated carbocycles. The maximum atomic E-state index is 13.5. The van der Waals surface area contributed by atoms with Gasteiger partial charge in [-0.1, -0.05) is 18.2 Å². The number of nitrogens with zero attached hydrogens (tertiary/aromatic N) is 5. The third-order valence-corrected chi connectivity index (χ3v) is 5.52. The molecule has 0 bridgehead atoms. The van der Waals surface area contributed by atoms with Crippen molar-refractivity contribution in [3.8, 4) is 11.8 Å². The third kappa shape index (κ3) is 4.47. The molecule has 0 amide bonds. The summed E-state index contributed by atoms with van der Waals surface area (Å²) in [4.78, 5) is 15.9. The number of benzene rings is 1. The predicted molar refractivity (Wildman–Crippen MR) is 116 cm³/mol. The number of para-hydroxylation sites is 1. The van der Waals surface area contributed by atoms with Crippen molar-refractivity contribution < 1.29 is 19.0 Å². The molecular formula is C22H21F2N7O2. The lowest BCUT2D eigenvalue weighted by molar-refractivity contribution is -0.0376. The molecule has 0 aliphatic heterocycles. The minimum atomic E-state index is -2.64. The Labute approximate surface area is 186 Å². The molecule has 3 aromatic heterocycles. The Hall–Kier alpha value is -4.02. The van der Waals surface area contributed by atoms with E-state index in [2.05, 4.69) is 30.4 Å². The van der Waals surface area contributed by atoms with E-state index < -0.39 is 5.92 Å². The Balaban J connectivity index is 1.62. The largest absolute Gasteiger partial charge is 0.494 e. The lowest BCUT2D eigenvalue weighted by Gasteiger charge is -2.25. The van der Waals surface area contributed by atoms with Crippen LogP contribution in [-0.4, -0.2) is 46.7 Å². The molecule has 3 heterocycles. The highest BCUT2D eigenvalue weighted by Gasteiger charge is 2.34. The summed E-state index contributed by atoms with van der Waals surface area (Å²) < 4.78 is 28.6. The van der Waals surface area contributed by atoms with Gasteiger partial charge in [0.25, 0.3) is 0 Å². The van der Waals surface area contributed by atoms with Crippen molar-refractivity contribution >= 4 is 23.4 Å². The molecule has 4 aromatic rings. The van der Waals surface area contributed by atoms with Gasteiger partial charge in [0, 0.05) is 35.4 Å². The van der Waals surface area contributed by atoms with Gasteiger partial charge in [-0.25, -0.2) is 13.8 Å². The summed E-state index contributed by atoms with van der Waals surface area (Å²) in [6, 6.07) is 10.4. The average molecular weight is 453 g/mol. The van der Waals surface area contributed by atoms with E-state index in [1.807, 2.05) is 30.3 Å². The van der Waals surface area contributed by atoms with Crippen molar-refractivity contribution in [3.05, 3.63) is 59.0 Å². The van der Waals surface area contributed by atoms with E-state index in [0.717, 1.165) is 5.69 Å². The molecule has 1 aliphatic carbocycles. The van der Waals surface area contributed by atoms with E-state index in [1.54, 1.807) is 12.3 Å². The predicted octanol–water partition coefficient (Wildman–Crippen LogP) is 2.63. The van der Waals surface area contributed by atoms with Gasteiger partial charge >= 0.3 is 0 Å². The van der Waals surface area contributed by atoms with Crippen LogP contribution in [0.25, 0.3) is 11.7 Å². The van der Waals surface area contributed by atoms with Gasteiger partial charge in [-0.3, -0.25) is 4.98 Å². The second-order valence-corrected chi connectivity index (χ2v) is 7.99. The zero-order valence-electron chi connectivity index (χ0n) is 17.4. The van der Waals surface area contributed by atoms with Crippen LogP contribution in [0.15, 0.2) is 47.6 Å². The fraction of sp³-hybridized carbons (Fsp3) is 0.273. The van der Waals surface area contributed by atoms with Crippen LogP contribution >= 0.6 is 0 Å². The van der Waals surface area contributed by atoms with E-state index in [1.165, 1.54) is 10.6 Å². The second kappa shape index (κ2) is 8.15. The minimum absolute atomic E-state index is 0.160. The number of H-pyrrole nitrogens is 1. The van der Waals surface area contributed by atoms with Crippen LogP contribution in [0.1, 0.15) is 31.2 Å². The molecular weight excluding hydrogens is 432 g/mol. The molecule has 1 aliphatic rings. The van der Waals surface area contributed by atoms with Crippen LogP contribution in [0.4, 0.5) is 20.4 Å². The molecule has 0 saturated heterocycles. The number of hydrogen-bond donors (Lipinski definition) is 4. The molecule has 5 rings (SSSR count). The molecule has 0 unspecified atom stereocenters. The summed E-state index contributed by atoms with van der Waals surface area (Å²) in [6.45, 7) is 0. The number of anilines is 2. The minimum Gasteiger partial charge on any atom is -0.494 e. The van der Waals surface area contributed by atoms with E-state index in [0.29, 0.717) is 22.4 Å². The van der Waals surface area contributed by atoms with Gasteiger partial charge < -0.3 is 15.5 Å². The molecule has 0 radical (unpaired) electrons. The molecule has 11 heteroatoms. The molecule has 170 valence electrons. The Bertz CT molecular complexity index is 1410. The molecule has 0 spiro atoms. The van der Waals surface area contributed by atoms with Crippen LogP contribution in [0, 0.1) is 0 Å². The smallest absolute Gasteiger partial charge is 0.250 e. The number of alkyl halides is 2. The first-order valence-electron chi connectivity index (χ1n) is 10.5. The van der Waals surface area contributed by atoms with Gasteiger partial charge in [-0.15, -0.1) is 0 Å². The van der Waals surface area contributed by atoms with E-state index >= 15 is 0 Å². The quantitative estimate of drug-likeness (QED) is 0.377. The van der Waals surface area contributed by atoms with Gasteiger partial charge in [-0.05, 0) is 31.1 Å². The normalized spacial score (nSPS) is 17.6. The zero-order valence-corrected chi connectivity index (χ0v) is 17.4. The number of rotatable bonds is 4. The van der Waals surface area contributed by atoms with Gasteiger partial charge in [0.2, 0.25) is 17.5 Å². The van der Waals surface area contributed by atoms with Crippen LogP contribution in [-0.2, 0) is 0 Å². The highest BCUT2D eigenvalue weighted by molar-refractivity contribution is 5.62. The monoisotopic (exact) mass is 453 g/mol. The van der Waals surface area contributed by atoms with Crippen molar-refractivity contribution in [2.75, 3.05) is 5.32 Å². The number of aromatic hydroxyl groups is 2. The van der Waals surface area contributed by atoms with Gasteiger partial charge in [0.15, 0.2) is 17.4 Å². The lowest BCUT2D eigenvalue weighted by atomic mass is 9.93. The number of nitrogens with one attached hydrogen (secondary N) is 2. The lowest BCUT2D eigenvalue weighted by Crippen LogP contribution is -2.29. The first-order chi connectivity index (χ1) is 15.9. The van der Waals surface area contributed by atoms with Gasteiger partial charge in [0.05, 0.1) is 12.2 Å². The standard InChI is InChI=1S/C22H21F2N7O2/c23-22(24)8-6-16(7-9-22)26-20-29-18-14(10-13-11-17(32)28-19(13)33)12-25-31(18)21(30-20)27-15-4-2-1-3-5-15/h1-5,10-12,16,28,32-33H,6-9H2,(H,26,27,30). The Morgan fingerprint density at radius 1 is 1.15 bits per heavy atom. The number of halogens is 2. The Morgan fingerprint density at radius 3 is 2.61 bits per heavy atom. The van der Waals surface area contributed by atoms with Gasteiger partial charge in [-0.2, -0.15) is 19.6 Å². The molecule has 4 N–H and O–H groups in total. The summed E-state index contributed by atoms with van der Waals surface area (Å²) in [7, 11) is 0. The molecule has 33 heavy (non-hydrogen) atoms. The molecule has 1 fully saturated rings. The van der Waals surface area contributed by atoms with Crippen LogP contribution < -0.4 is 16.2 Å². The van der Waals surface area contributed by atoms with Crippen LogP contribution in [0.2, 0.25) is 0 Å². The first kappa shape index (κ1) is 20.9. The SMILES string of the molecule is Oc1cc(C=c2cnn3c(Nc4ccccc4)nc(=NC4CCC(F)(F)CC4)nc23)c(O)[nH]1. The highest BCUT2D eigenvalue weighted by atomic mass is 19.3. The Kier molecular flexibility index (Phi) is 5.15. The summed E-state index contributed by atoms with van der Waals surface area (Å²) in [5, 5.41) is 27.7. The fourth-order valence-electron chi connectivity index (χ4n) is 3.81.